The van der Waals surface area contributed by atoms with Gasteiger partial charge < -0.3 is 15.2 Å². The molecule has 0 aliphatic carbocycles. The summed E-state index contributed by atoms with van der Waals surface area (Å²) in [5.41, 5.74) is 1.26. The molecule has 1 aromatic carbocycles. The summed E-state index contributed by atoms with van der Waals surface area (Å²) in [4.78, 5) is 27.3. The van der Waals surface area contributed by atoms with Crippen molar-refractivity contribution in [3.8, 4) is 5.75 Å². The van der Waals surface area contributed by atoms with E-state index >= 15 is 0 Å². The lowest BCUT2D eigenvalue weighted by Crippen LogP contribution is -2.15. The zero-order chi connectivity index (χ0) is 16.1. The van der Waals surface area contributed by atoms with Gasteiger partial charge in [0.05, 0.1) is 24.2 Å². The fourth-order valence-electron chi connectivity index (χ4n) is 1.91. The van der Waals surface area contributed by atoms with Gasteiger partial charge in [0.1, 0.15) is 11.3 Å². The van der Waals surface area contributed by atoms with Crippen LogP contribution in [0.2, 0.25) is 0 Å². The van der Waals surface area contributed by atoms with Crippen LogP contribution in [-0.2, 0) is 17.6 Å². The summed E-state index contributed by atoms with van der Waals surface area (Å²) >= 11 is 1.53. The van der Waals surface area contributed by atoms with E-state index in [0.29, 0.717) is 5.69 Å². The molecule has 1 aromatic heterocycles. The number of nitrogens with one attached hydrogen (secondary N) is 1. The zero-order valence-electron chi connectivity index (χ0n) is 12.3. The number of carbonyl (C=O) groups excluding carboxylic acids is 1. The summed E-state index contributed by atoms with van der Waals surface area (Å²) in [6.45, 7) is 2.01. The van der Waals surface area contributed by atoms with E-state index < -0.39 is 5.97 Å². The highest BCUT2D eigenvalue weighted by atomic mass is 32.1. The van der Waals surface area contributed by atoms with E-state index in [-0.39, 0.29) is 23.6 Å². The number of carboxylic acid groups (broad SMARTS) is 1. The highest BCUT2D eigenvalue weighted by molar-refractivity contribution is 7.09. The maximum atomic E-state index is 12.0. The second-order valence-electron chi connectivity index (χ2n) is 4.53. The molecule has 6 nitrogen and oxygen atoms in total. The van der Waals surface area contributed by atoms with Crippen molar-refractivity contribution < 1.29 is 19.4 Å². The van der Waals surface area contributed by atoms with Crippen molar-refractivity contribution >= 4 is 28.9 Å². The van der Waals surface area contributed by atoms with Gasteiger partial charge in [0.25, 0.3) is 0 Å². The molecule has 2 N–H and O–H groups in total. The molecule has 0 bridgehead atoms. The summed E-state index contributed by atoms with van der Waals surface area (Å²) in [6, 6.07) is 4.41. The molecule has 0 saturated carbocycles. The van der Waals surface area contributed by atoms with Gasteiger partial charge in [-0.1, -0.05) is 6.92 Å². The zero-order valence-corrected chi connectivity index (χ0v) is 13.1. The van der Waals surface area contributed by atoms with E-state index in [1.54, 1.807) is 0 Å². The van der Waals surface area contributed by atoms with Crippen molar-refractivity contribution in [2.75, 3.05) is 12.4 Å². The first-order chi connectivity index (χ1) is 10.5. The Kier molecular flexibility index (Phi) is 5.11. The van der Waals surface area contributed by atoms with Crippen molar-refractivity contribution in [3.63, 3.8) is 0 Å². The highest BCUT2D eigenvalue weighted by Gasteiger charge is 2.13. The second kappa shape index (κ2) is 7.04. The van der Waals surface area contributed by atoms with E-state index in [0.717, 1.165) is 17.1 Å². The molecule has 0 spiro atoms. The molecular formula is C15H16N2O4S. The molecule has 2 rings (SSSR count). The molecule has 0 fully saturated rings. The van der Waals surface area contributed by atoms with Gasteiger partial charge in [-0.2, -0.15) is 0 Å². The van der Waals surface area contributed by atoms with E-state index in [2.05, 4.69) is 10.3 Å². The van der Waals surface area contributed by atoms with Crippen molar-refractivity contribution in [2.45, 2.75) is 19.8 Å². The summed E-state index contributed by atoms with van der Waals surface area (Å²) in [7, 11) is 1.38. The summed E-state index contributed by atoms with van der Waals surface area (Å²) < 4.78 is 5.02. The fourth-order valence-corrected chi connectivity index (χ4v) is 2.65. The second-order valence-corrected chi connectivity index (χ2v) is 5.47. The third-order valence-corrected chi connectivity index (χ3v) is 4.00. The quantitative estimate of drug-likeness (QED) is 0.854. The fraction of sp³-hybridized carbons (Fsp3) is 0.267. The molecule has 2 aromatic rings. The maximum Gasteiger partial charge on any atom is 0.339 e. The number of aromatic nitrogens is 1. The molecule has 1 heterocycles. The predicted molar refractivity (Wildman–Crippen MR) is 83.8 cm³/mol. The van der Waals surface area contributed by atoms with Crippen LogP contribution in [0.3, 0.4) is 0 Å². The maximum absolute atomic E-state index is 12.0. The van der Waals surface area contributed by atoms with Gasteiger partial charge in [-0.25, -0.2) is 9.78 Å². The van der Waals surface area contributed by atoms with Crippen LogP contribution in [0.1, 0.15) is 28.0 Å². The van der Waals surface area contributed by atoms with Gasteiger partial charge in [-0.05, 0) is 18.6 Å². The average Bonchev–Trinajstić information content (AvgIpc) is 2.94. The van der Waals surface area contributed by atoms with Crippen LogP contribution < -0.4 is 10.1 Å². The first-order valence-electron chi connectivity index (χ1n) is 6.68. The molecular weight excluding hydrogens is 304 g/mol. The first kappa shape index (κ1) is 16.0. The number of rotatable bonds is 6. The number of carboxylic acids is 1. The number of aryl methyl sites for hydroxylation is 1. The third kappa shape index (κ3) is 3.82. The molecule has 22 heavy (non-hydrogen) atoms. The first-order valence-corrected chi connectivity index (χ1v) is 7.56. The minimum atomic E-state index is -1.08. The van der Waals surface area contributed by atoms with E-state index in [4.69, 9.17) is 9.84 Å². The SMILES string of the molecule is CCc1nc(CC(=O)Nc2ccc(C(=O)O)c(OC)c2)cs1. The molecule has 7 heteroatoms. The Morgan fingerprint density at radius 2 is 2.18 bits per heavy atom. The number of aromatic carboxylic acids is 1. The smallest absolute Gasteiger partial charge is 0.339 e. The number of amides is 1. The van der Waals surface area contributed by atoms with Gasteiger partial charge in [0.15, 0.2) is 0 Å². The third-order valence-electron chi connectivity index (χ3n) is 2.96. The Hall–Kier alpha value is -2.41. The number of hydrogen-bond donors (Lipinski definition) is 2. The minimum absolute atomic E-state index is 0.0487. The lowest BCUT2D eigenvalue weighted by atomic mass is 10.1. The Balaban J connectivity index is 2.06. The number of nitrogens with zero attached hydrogens (tertiary/aromatic N) is 1. The number of benzene rings is 1. The van der Waals surface area contributed by atoms with Crippen LogP contribution in [0, 0.1) is 0 Å². The molecule has 116 valence electrons. The van der Waals surface area contributed by atoms with Gasteiger partial charge in [-0.15, -0.1) is 11.3 Å². The number of carbonyl (C=O) groups is 2. The number of ether oxygens (including phenoxy) is 1. The van der Waals surface area contributed by atoms with Gasteiger partial charge in [0, 0.05) is 17.1 Å². The topological polar surface area (TPSA) is 88.5 Å². The van der Waals surface area contributed by atoms with Crippen LogP contribution in [0.15, 0.2) is 23.6 Å². The summed E-state index contributed by atoms with van der Waals surface area (Å²) in [6.07, 6.45) is 1.03. The number of methoxy groups -OCH3 is 1. The lowest BCUT2D eigenvalue weighted by Gasteiger charge is -2.09. The van der Waals surface area contributed by atoms with Crippen LogP contribution in [-0.4, -0.2) is 29.1 Å². The molecule has 0 saturated heterocycles. The predicted octanol–water partition coefficient (Wildman–Crippen LogP) is 2.59. The van der Waals surface area contributed by atoms with Crippen LogP contribution in [0.4, 0.5) is 5.69 Å². The molecule has 0 unspecified atom stereocenters. The molecule has 0 atom stereocenters. The van der Waals surface area contributed by atoms with E-state index in [1.807, 2.05) is 12.3 Å². The monoisotopic (exact) mass is 320 g/mol. The Labute approximate surface area is 131 Å². The standard InChI is InChI=1S/C15H16N2O4S/c1-3-14-17-10(8-22-14)7-13(18)16-9-4-5-11(15(19)20)12(6-9)21-2/h4-6,8H,3,7H2,1-2H3,(H,16,18)(H,19,20). The Bertz CT molecular complexity index is 697. The minimum Gasteiger partial charge on any atom is -0.496 e. The summed E-state index contributed by atoms with van der Waals surface area (Å²) in [5.74, 6) is -1.09. The number of hydrogen-bond acceptors (Lipinski definition) is 5. The largest absolute Gasteiger partial charge is 0.496 e. The van der Waals surface area contributed by atoms with Crippen LogP contribution in [0.25, 0.3) is 0 Å². The van der Waals surface area contributed by atoms with E-state index in [9.17, 15) is 9.59 Å². The lowest BCUT2D eigenvalue weighted by molar-refractivity contribution is -0.115. The van der Waals surface area contributed by atoms with Gasteiger partial charge >= 0.3 is 5.97 Å². The van der Waals surface area contributed by atoms with E-state index in [1.165, 1.54) is 36.6 Å². The number of anilines is 1. The van der Waals surface area contributed by atoms with Gasteiger partial charge in [-0.3, -0.25) is 4.79 Å². The van der Waals surface area contributed by atoms with Crippen LogP contribution in [0.5, 0.6) is 5.75 Å². The van der Waals surface area contributed by atoms with Crippen LogP contribution >= 0.6 is 11.3 Å². The molecule has 0 aliphatic rings. The number of thiazole rings is 1. The highest BCUT2D eigenvalue weighted by Crippen LogP contribution is 2.23. The Morgan fingerprint density at radius 1 is 1.41 bits per heavy atom. The van der Waals surface area contributed by atoms with Crippen molar-refractivity contribution in [1.82, 2.24) is 4.98 Å². The van der Waals surface area contributed by atoms with Crippen molar-refractivity contribution in [1.29, 1.82) is 0 Å². The van der Waals surface area contributed by atoms with Gasteiger partial charge in [0.2, 0.25) is 5.91 Å². The molecule has 1 amide bonds. The molecule has 0 aliphatic heterocycles. The average molecular weight is 320 g/mol. The normalized spacial score (nSPS) is 10.3. The summed E-state index contributed by atoms with van der Waals surface area (Å²) in [5, 5.41) is 14.6. The Morgan fingerprint density at radius 3 is 2.77 bits per heavy atom. The van der Waals surface area contributed by atoms with Crippen molar-refractivity contribution in [3.05, 3.63) is 39.8 Å². The molecule has 0 radical (unpaired) electrons. The van der Waals surface area contributed by atoms with Crippen molar-refractivity contribution in [2.24, 2.45) is 0 Å².